The molecule has 3 aromatic rings. The normalized spacial score (nSPS) is 12.7. The van der Waals surface area contributed by atoms with Crippen molar-refractivity contribution in [3.8, 4) is 0 Å². The number of hydrogen-bond donors (Lipinski definition) is 2. The fourth-order valence-electron chi connectivity index (χ4n) is 2.14. The monoisotopic (exact) mass is 300 g/mol. The van der Waals surface area contributed by atoms with Crippen molar-refractivity contribution in [3.63, 3.8) is 0 Å². The molecule has 0 saturated heterocycles. The standard InChI is InChI=1S/C15H16N4OS/c1-9-6-12-13(7-10(9)2)19-15(18-12)21(20)8-11-4-3-5-14(16)17-11/h3-7H,8H2,1-2H3,(H2,16,17)(H,18,19). The molecule has 0 aliphatic rings. The van der Waals surface area contributed by atoms with Gasteiger partial charge in [0, 0.05) is 0 Å². The van der Waals surface area contributed by atoms with Gasteiger partial charge >= 0.3 is 0 Å². The van der Waals surface area contributed by atoms with Crippen LogP contribution in [0.4, 0.5) is 5.82 Å². The summed E-state index contributed by atoms with van der Waals surface area (Å²) in [4.78, 5) is 11.7. The Labute approximate surface area is 125 Å². The van der Waals surface area contributed by atoms with Gasteiger partial charge in [-0.1, -0.05) is 6.07 Å². The summed E-state index contributed by atoms with van der Waals surface area (Å²) < 4.78 is 12.4. The number of nitrogens with zero attached hydrogens (tertiary/aromatic N) is 2. The number of nitrogens with two attached hydrogens (primary N) is 1. The van der Waals surface area contributed by atoms with Crippen molar-refractivity contribution in [2.24, 2.45) is 0 Å². The molecule has 2 aromatic heterocycles. The average molecular weight is 300 g/mol. The molecule has 2 heterocycles. The van der Waals surface area contributed by atoms with Crippen LogP contribution in [0.2, 0.25) is 0 Å². The first-order valence-corrected chi connectivity index (χ1v) is 7.91. The van der Waals surface area contributed by atoms with Crippen LogP contribution in [-0.2, 0) is 16.6 Å². The Morgan fingerprint density at radius 2 is 1.95 bits per heavy atom. The van der Waals surface area contributed by atoms with E-state index in [1.165, 1.54) is 11.1 Å². The van der Waals surface area contributed by atoms with Crippen LogP contribution < -0.4 is 5.73 Å². The first-order chi connectivity index (χ1) is 10.0. The summed E-state index contributed by atoms with van der Waals surface area (Å²) in [6.07, 6.45) is 0. The Bertz CT molecular complexity index is 802. The minimum atomic E-state index is -1.27. The third-order valence-corrected chi connectivity index (χ3v) is 4.58. The van der Waals surface area contributed by atoms with Crippen molar-refractivity contribution in [1.82, 2.24) is 15.0 Å². The topological polar surface area (TPSA) is 84.7 Å². The van der Waals surface area contributed by atoms with Crippen LogP contribution in [0.5, 0.6) is 0 Å². The van der Waals surface area contributed by atoms with Gasteiger partial charge in [-0.05, 0) is 49.2 Å². The van der Waals surface area contributed by atoms with Gasteiger partial charge in [0.1, 0.15) is 5.82 Å². The number of aromatic amines is 1. The number of hydrogen-bond acceptors (Lipinski definition) is 4. The van der Waals surface area contributed by atoms with E-state index in [4.69, 9.17) is 5.73 Å². The molecular formula is C15H16N4OS. The van der Waals surface area contributed by atoms with Gasteiger partial charge in [0.2, 0.25) is 0 Å². The van der Waals surface area contributed by atoms with Crippen molar-refractivity contribution in [2.45, 2.75) is 24.8 Å². The lowest BCUT2D eigenvalue weighted by Crippen LogP contribution is -2.02. The number of pyridine rings is 1. The predicted molar refractivity (Wildman–Crippen MR) is 84.3 cm³/mol. The molecule has 3 N–H and O–H groups in total. The number of rotatable bonds is 3. The van der Waals surface area contributed by atoms with Crippen LogP contribution in [0, 0.1) is 13.8 Å². The molecule has 0 fully saturated rings. The minimum absolute atomic E-state index is 0.294. The zero-order chi connectivity index (χ0) is 15.0. The Balaban J connectivity index is 1.91. The third-order valence-electron chi connectivity index (χ3n) is 3.40. The summed E-state index contributed by atoms with van der Waals surface area (Å²) in [6.45, 7) is 4.08. The molecule has 5 nitrogen and oxygen atoms in total. The molecule has 1 aromatic carbocycles. The summed E-state index contributed by atoms with van der Waals surface area (Å²) in [6, 6.07) is 9.35. The maximum Gasteiger partial charge on any atom is 0.197 e. The maximum absolute atomic E-state index is 12.4. The van der Waals surface area contributed by atoms with Crippen molar-refractivity contribution >= 4 is 27.7 Å². The zero-order valence-corrected chi connectivity index (χ0v) is 12.7. The molecule has 0 bridgehead atoms. The second-order valence-electron chi connectivity index (χ2n) is 5.04. The van der Waals surface area contributed by atoms with Gasteiger partial charge in [-0.25, -0.2) is 9.97 Å². The number of fused-ring (bicyclic) bond motifs is 1. The smallest absolute Gasteiger partial charge is 0.197 e. The molecule has 108 valence electrons. The van der Waals surface area contributed by atoms with E-state index in [1.807, 2.05) is 32.0 Å². The summed E-state index contributed by atoms with van der Waals surface area (Å²) in [5.74, 6) is 0.725. The number of imidazole rings is 1. The highest BCUT2D eigenvalue weighted by atomic mass is 32.2. The fraction of sp³-hybridized carbons (Fsp3) is 0.200. The van der Waals surface area contributed by atoms with E-state index in [9.17, 15) is 4.21 Å². The highest BCUT2D eigenvalue weighted by Crippen LogP contribution is 2.19. The van der Waals surface area contributed by atoms with Gasteiger partial charge < -0.3 is 10.7 Å². The van der Waals surface area contributed by atoms with Crippen LogP contribution >= 0.6 is 0 Å². The van der Waals surface area contributed by atoms with Crippen molar-refractivity contribution in [2.75, 3.05) is 5.73 Å². The second kappa shape index (κ2) is 5.29. The summed E-state index contributed by atoms with van der Waals surface area (Å²) in [5, 5.41) is 0.472. The zero-order valence-electron chi connectivity index (χ0n) is 11.9. The van der Waals surface area contributed by atoms with E-state index < -0.39 is 10.8 Å². The molecule has 1 unspecified atom stereocenters. The lowest BCUT2D eigenvalue weighted by Gasteiger charge is -1.99. The summed E-state index contributed by atoms with van der Waals surface area (Å²) >= 11 is 0. The number of anilines is 1. The largest absolute Gasteiger partial charge is 0.384 e. The lowest BCUT2D eigenvalue weighted by atomic mass is 10.1. The van der Waals surface area contributed by atoms with Gasteiger partial charge in [0.05, 0.1) is 33.3 Å². The van der Waals surface area contributed by atoms with Gasteiger partial charge in [-0.3, -0.25) is 4.21 Å². The molecule has 0 aliphatic heterocycles. The quantitative estimate of drug-likeness (QED) is 0.778. The number of nitrogen functional groups attached to an aromatic ring is 1. The van der Waals surface area contributed by atoms with E-state index in [0.29, 0.717) is 22.4 Å². The van der Waals surface area contributed by atoms with Gasteiger partial charge in [-0.2, -0.15) is 0 Å². The van der Waals surface area contributed by atoms with Crippen LogP contribution in [0.3, 0.4) is 0 Å². The summed E-state index contributed by atoms with van der Waals surface area (Å²) in [7, 11) is -1.27. The van der Waals surface area contributed by atoms with Crippen LogP contribution in [0.15, 0.2) is 35.5 Å². The molecule has 0 aliphatic carbocycles. The average Bonchev–Trinajstić information content (AvgIpc) is 2.82. The number of aryl methyl sites for hydroxylation is 2. The Kier molecular flexibility index (Phi) is 3.47. The molecule has 0 spiro atoms. The lowest BCUT2D eigenvalue weighted by molar-refractivity contribution is 0.677. The van der Waals surface area contributed by atoms with E-state index in [-0.39, 0.29) is 0 Å². The van der Waals surface area contributed by atoms with Crippen molar-refractivity contribution in [3.05, 3.63) is 47.2 Å². The molecular weight excluding hydrogens is 284 g/mol. The number of H-pyrrole nitrogens is 1. The molecule has 1 atom stereocenters. The first-order valence-electron chi connectivity index (χ1n) is 6.59. The first kappa shape index (κ1) is 13.8. The van der Waals surface area contributed by atoms with E-state index in [1.54, 1.807) is 12.1 Å². The number of benzene rings is 1. The van der Waals surface area contributed by atoms with Gasteiger partial charge in [0.15, 0.2) is 5.16 Å². The van der Waals surface area contributed by atoms with Crippen LogP contribution in [0.1, 0.15) is 16.8 Å². The Morgan fingerprint density at radius 1 is 1.19 bits per heavy atom. The Hall–Kier alpha value is -2.21. The maximum atomic E-state index is 12.4. The number of nitrogens with one attached hydrogen (secondary N) is 1. The van der Waals surface area contributed by atoms with Crippen LogP contribution in [0.25, 0.3) is 11.0 Å². The molecule has 21 heavy (non-hydrogen) atoms. The van der Waals surface area contributed by atoms with Crippen molar-refractivity contribution in [1.29, 1.82) is 0 Å². The molecule has 0 radical (unpaired) electrons. The Morgan fingerprint density at radius 3 is 2.71 bits per heavy atom. The minimum Gasteiger partial charge on any atom is -0.384 e. The SMILES string of the molecule is Cc1cc2nc(S(=O)Cc3cccc(N)n3)[nH]c2cc1C. The van der Waals surface area contributed by atoms with Gasteiger partial charge in [-0.15, -0.1) is 0 Å². The van der Waals surface area contributed by atoms with E-state index >= 15 is 0 Å². The predicted octanol–water partition coefficient (Wildman–Crippen LogP) is 2.46. The molecule has 0 amide bonds. The van der Waals surface area contributed by atoms with Gasteiger partial charge in [0.25, 0.3) is 0 Å². The van der Waals surface area contributed by atoms with Crippen molar-refractivity contribution < 1.29 is 4.21 Å². The van der Waals surface area contributed by atoms with Crippen LogP contribution in [-0.4, -0.2) is 19.2 Å². The highest BCUT2D eigenvalue weighted by Gasteiger charge is 2.12. The number of aromatic nitrogens is 3. The summed E-state index contributed by atoms with van der Waals surface area (Å²) in [5.41, 5.74) is 10.4. The second-order valence-corrected chi connectivity index (χ2v) is 6.41. The molecule has 6 heteroatoms. The van der Waals surface area contributed by atoms with E-state index in [2.05, 4.69) is 15.0 Å². The van der Waals surface area contributed by atoms with E-state index in [0.717, 1.165) is 11.0 Å². The highest BCUT2D eigenvalue weighted by molar-refractivity contribution is 7.84. The third kappa shape index (κ3) is 2.80. The molecule has 0 saturated carbocycles. The fourth-order valence-corrected chi connectivity index (χ4v) is 3.13. The molecule has 3 rings (SSSR count).